The molecule has 0 saturated carbocycles. The zero-order chi connectivity index (χ0) is 19.8. The summed E-state index contributed by atoms with van der Waals surface area (Å²) < 4.78 is 6.38. The summed E-state index contributed by atoms with van der Waals surface area (Å²) >= 11 is 14.0. The molecule has 0 aliphatic rings. The number of hydrogen-bond donors (Lipinski definition) is 0. The Morgan fingerprint density at radius 3 is 2.68 bits per heavy atom. The predicted molar refractivity (Wildman–Crippen MR) is 117 cm³/mol. The van der Waals surface area contributed by atoms with Crippen LogP contribution in [0.4, 0.5) is 5.69 Å². The fraction of sp³-hybridized carbons (Fsp3) is 0.143. The number of amides is 1. The molecule has 2 aromatic carbocycles. The minimum atomic E-state index is -0.135. The zero-order valence-electron chi connectivity index (χ0n) is 15.2. The molecule has 2 aromatic heterocycles. The van der Waals surface area contributed by atoms with Crippen LogP contribution < -0.4 is 9.64 Å². The second-order valence-corrected chi connectivity index (χ2v) is 7.99. The molecule has 142 valence electrons. The van der Waals surface area contributed by atoms with E-state index in [2.05, 4.69) is 4.98 Å². The molecule has 0 spiro atoms. The number of nitrogens with zero attached hydrogens (tertiary/aromatic N) is 2. The Hall–Kier alpha value is -2.34. The second kappa shape index (κ2) is 7.59. The number of rotatable bonds is 4. The van der Waals surface area contributed by atoms with Crippen LogP contribution in [0.25, 0.3) is 21.0 Å². The minimum Gasteiger partial charge on any atom is -0.495 e. The highest BCUT2D eigenvalue weighted by atomic mass is 35.5. The Morgan fingerprint density at radius 1 is 1.14 bits per heavy atom. The van der Waals surface area contributed by atoms with Crippen molar-refractivity contribution >= 4 is 67.1 Å². The van der Waals surface area contributed by atoms with Crippen LogP contribution >= 0.6 is 34.5 Å². The number of thiophene rings is 1. The quantitative estimate of drug-likeness (QED) is 0.350. The smallest absolute Gasteiger partial charge is 0.268 e. The molecule has 4 aromatic rings. The summed E-state index contributed by atoms with van der Waals surface area (Å²) in [7, 11) is 1.57. The number of methoxy groups -OCH3 is 1. The van der Waals surface area contributed by atoms with Gasteiger partial charge in [0.1, 0.15) is 10.9 Å². The lowest BCUT2D eigenvalue weighted by molar-refractivity contribution is 0.0991. The lowest BCUT2D eigenvalue weighted by Crippen LogP contribution is -2.30. The maximum absolute atomic E-state index is 13.3. The van der Waals surface area contributed by atoms with Gasteiger partial charge in [0.15, 0.2) is 0 Å². The number of aromatic nitrogens is 1. The van der Waals surface area contributed by atoms with Crippen LogP contribution in [0, 0.1) is 0 Å². The van der Waals surface area contributed by atoms with Crippen LogP contribution in [-0.2, 0) is 0 Å². The molecule has 28 heavy (non-hydrogen) atoms. The molecule has 0 saturated heterocycles. The normalized spacial score (nSPS) is 11.1. The molecule has 4 nitrogen and oxygen atoms in total. The number of carbonyl (C=O) groups is 1. The van der Waals surface area contributed by atoms with E-state index < -0.39 is 0 Å². The summed E-state index contributed by atoms with van der Waals surface area (Å²) in [5, 5.41) is 2.70. The van der Waals surface area contributed by atoms with Gasteiger partial charge in [-0.25, -0.2) is 4.98 Å². The molecule has 0 radical (unpaired) electrons. The van der Waals surface area contributed by atoms with E-state index in [0.29, 0.717) is 33.0 Å². The van der Waals surface area contributed by atoms with Gasteiger partial charge in [-0.3, -0.25) is 4.79 Å². The highest BCUT2D eigenvalue weighted by Crippen LogP contribution is 2.38. The Morgan fingerprint density at radius 2 is 1.93 bits per heavy atom. The van der Waals surface area contributed by atoms with Crippen molar-refractivity contribution in [3.05, 3.63) is 63.6 Å². The largest absolute Gasteiger partial charge is 0.495 e. The summed E-state index contributed by atoms with van der Waals surface area (Å²) in [5.41, 5.74) is 1.44. The van der Waals surface area contributed by atoms with Crippen LogP contribution in [0.1, 0.15) is 16.6 Å². The molecular weight excluding hydrogens is 415 g/mol. The SMILES string of the molecule is CCN(C(=O)c1cc2c(Cl)nc3ccccc3c2s1)c1cc(Cl)ccc1OC. The number of fused-ring (bicyclic) bond motifs is 3. The van der Waals surface area contributed by atoms with E-state index >= 15 is 0 Å². The van der Waals surface area contributed by atoms with E-state index in [1.54, 1.807) is 30.2 Å². The summed E-state index contributed by atoms with van der Waals surface area (Å²) in [5.74, 6) is 0.454. The van der Waals surface area contributed by atoms with Gasteiger partial charge in [0.05, 0.1) is 23.2 Å². The Labute approximate surface area is 176 Å². The molecule has 0 aliphatic carbocycles. The summed E-state index contributed by atoms with van der Waals surface area (Å²) in [6.07, 6.45) is 0. The average molecular weight is 431 g/mol. The second-order valence-electron chi connectivity index (χ2n) is 6.14. The molecule has 4 rings (SSSR count). The van der Waals surface area contributed by atoms with Crippen LogP contribution in [0.2, 0.25) is 10.2 Å². The highest BCUT2D eigenvalue weighted by Gasteiger charge is 2.23. The van der Waals surface area contributed by atoms with E-state index in [1.165, 1.54) is 11.3 Å². The number of carbonyl (C=O) groups excluding carboxylic acids is 1. The van der Waals surface area contributed by atoms with Crippen molar-refractivity contribution < 1.29 is 9.53 Å². The molecule has 0 N–H and O–H groups in total. The first kappa shape index (κ1) is 19.0. The predicted octanol–water partition coefficient (Wildman–Crippen LogP) is 6.43. The number of benzene rings is 2. The third kappa shape index (κ3) is 3.20. The fourth-order valence-electron chi connectivity index (χ4n) is 3.21. The standard InChI is InChI=1S/C21H16Cl2N2O2S/c1-3-25(16-10-12(22)8-9-17(16)27-2)21(26)18-11-14-19(28-18)13-6-4-5-7-15(13)24-20(14)23/h4-11H,3H2,1-2H3. The van der Waals surface area contributed by atoms with Gasteiger partial charge in [0.2, 0.25) is 0 Å². The first-order valence-electron chi connectivity index (χ1n) is 8.66. The lowest BCUT2D eigenvalue weighted by atomic mass is 10.2. The molecule has 7 heteroatoms. The van der Waals surface area contributed by atoms with Gasteiger partial charge >= 0.3 is 0 Å². The van der Waals surface area contributed by atoms with Crippen molar-refractivity contribution in [1.29, 1.82) is 0 Å². The molecule has 0 atom stereocenters. The Kier molecular flexibility index (Phi) is 5.15. The molecule has 0 fully saturated rings. The number of para-hydroxylation sites is 1. The molecule has 1 amide bonds. The third-order valence-corrected chi connectivity index (χ3v) is 6.21. The first-order valence-corrected chi connectivity index (χ1v) is 10.2. The van der Waals surface area contributed by atoms with Crippen molar-refractivity contribution in [3.63, 3.8) is 0 Å². The Balaban J connectivity index is 1.85. The van der Waals surface area contributed by atoms with E-state index in [4.69, 9.17) is 27.9 Å². The van der Waals surface area contributed by atoms with E-state index in [1.807, 2.05) is 37.3 Å². The van der Waals surface area contributed by atoms with Gasteiger partial charge in [-0.1, -0.05) is 41.4 Å². The molecule has 0 bridgehead atoms. The van der Waals surface area contributed by atoms with Crippen molar-refractivity contribution in [3.8, 4) is 5.75 Å². The molecule has 2 heterocycles. The van der Waals surface area contributed by atoms with Gasteiger partial charge in [-0.2, -0.15) is 0 Å². The molecule has 0 unspecified atom stereocenters. The fourth-order valence-corrected chi connectivity index (χ4v) is 4.81. The first-order chi connectivity index (χ1) is 13.5. The van der Waals surface area contributed by atoms with Crippen LogP contribution in [0.15, 0.2) is 48.5 Å². The number of anilines is 1. The monoisotopic (exact) mass is 430 g/mol. The number of halogens is 2. The topological polar surface area (TPSA) is 42.4 Å². The van der Waals surface area contributed by atoms with Crippen LogP contribution in [0.3, 0.4) is 0 Å². The van der Waals surface area contributed by atoms with Gasteiger partial charge < -0.3 is 9.64 Å². The van der Waals surface area contributed by atoms with Crippen LogP contribution in [0.5, 0.6) is 5.75 Å². The van der Waals surface area contributed by atoms with Gasteiger partial charge in [-0.15, -0.1) is 11.3 Å². The maximum atomic E-state index is 13.3. The van der Waals surface area contributed by atoms with E-state index in [-0.39, 0.29) is 5.91 Å². The average Bonchev–Trinajstić information content (AvgIpc) is 3.15. The van der Waals surface area contributed by atoms with Gasteiger partial charge in [0, 0.05) is 27.0 Å². The number of pyridine rings is 1. The summed E-state index contributed by atoms with van der Waals surface area (Å²) in [4.78, 5) is 20.0. The van der Waals surface area contributed by atoms with Gasteiger partial charge in [-0.05, 0) is 37.3 Å². The van der Waals surface area contributed by atoms with Crippen molar-refractivity contribution in [1.82, 2.24) is 4.98 Å². The van der Waals surface area contributed by atoms with Gasteiger partial charge in [0.25, 0.3) is 5.91 Å². The summed E-state index contributed by atoms with van der Waals surface area (Å²) in [6.45, 7) is 2.38. The zero-order valence-corrected chi connectivity index (χ0v) is 17.5. The van der Waals surface area contributed by atoms with Crippen LogP contribution in [-0.4, -0.2) is 24.5 Å². The van der Waals surface area contributed by atoms with Crippen molar-refractivity contribution in [2.75, 3.05) is 18.6 Å². The molecular formula is C21H16Cl2N2O2S. The maximum Gasteiger partial charge on any atom is 0.268 e. The molecule has 0 aliphatic heterocycles. The van der Waals surface area contributed by atoms with E-state index in [0.717, 1.165) is 21.0 Å². The van der Waals surface area contributed by atoms with E-state index in [9.17, 15) is 4.79 Å². The van der Waals surface area contributed by atoms with Crippen molar-refractivity contribution in [2.24, 2.45) is 0 Å². The third-order valence-electron chi connectivity index (χ3n) is 4.53. The highest BCUT2D eigenvalue weighted by molar-refractivity contribution is 7.22. The Bertz CT molecular complexity index is 1210. The summed E-state index contributed by atoms with van der Waals surface area (Å²) in [6, 6.07) is 14.8. The lowest BCUT2D eigenvalue weighted by Gasteiger charge is -2.22. The number of hydrogen-bond acceptors (Lipinski definition) is 4. The van der Waals surface area contributed by atoms with Crippen molar-refractivity contribution in [2.45, 2.75) is 6.92 Å². The minimum absolute atomic E-state index is 0.135. The number of ether oxygens (including phenoxy) is 1.